The lowest BCUT2D eigenvalue weighted by atomic mass is 9.70. The number of amides is 4. The normalized spacial score (nSPS) is 23.5. The number of carbonyl (C=O) groups is 2. The summed E-state index contributed by atoms with van der Waals surface area (Å²) in [5.74, 6) is 0.708. The third-order valence-corrected chi connectivity index (χ3v) is 8.96. The molecule has 0 aromatic heterocycles. The van der Waals surface area contributed by atoms with E-state index in [9.17, 15) is 9.59 Å². The van der Waals surface area contributed by atoms with Gasteiger partial charge in [-0.3, -0.25) is 0 Å². The highest BCUT2D eigenvalue weighted by atomic mass is 16.5. The summed E-state index contributed by atoms with van der Waals surface area (Å²) in [5.41, 5.74) is 4.21. The summed E-state index contributed by atoms with van der Waals surface area (Å²) < 4.78 is 6.42. The van der Waals surface area contributed by atoms with Crippen molar-refractivity contribution in [3.63, 3.8) is 0 Å². The summed E-state index contributed by atoms with van der Waals surface area (Å²) >= 11 is 0. The molecule has 2 aromatic rings. The van der Waals surface area contributed by atoms with Gasteiger partial charge in [0, 0.05) is 31.0 Å². The van der Waals surface area contributed by atoms with Gasteiger partial charge in [0.2, 0.25) is 0 Å². The fourth-order valence-corrected chi connectivity index (χ4v) is 5.96. The third-order valence-electron chi connectivity index (χ3n) is 8.96. The van der Waals surface area contributed by atoms with E-state index >= 15 is 0 Å². The van der Waals surface area contributed by atoms with Crippen LogP contribution in [0.5, 0.6) is 0 Å². The number of hydrogen-bond acceptors (Lipinski definition) is 3. The van der Waals surface area contributed by atoms with Crippen molar-refractivity contribution < 1.29 is 14.3 Å². The molecule has 0 heterocycles. The molecule has 7 nitrogen and oxygen atoms in total. The van der Waals surface area contributed by atoms with Crippen molar-refractivity contribution in [3.8, 4) is 0 Å². The van der Waals surface area contributed by atoms with Crippen LogP contribution in [0.4, 0.5) is 21.0 Å². The molecule has 3 atom stereocenters. The van der Waals surface area contributed by atoms with Crippen molar-refractivity contribution in [2.75, 3.05) is 36.9 Å². The average molecular weight is 507 g/mol. The zero-order chi connectivity index (χ0) is 26.6. The molecule has 2 aromatic carbocycles. The number of fused-ring (bicyclic) bond motifs is 2. The molecule has 7 heteroatoms. The Morgan fingerprint density at radius 1 is 0.919 bits per heavy atom. The fraction of sp³-hybridized carbons (Fsp3) is 0.533. The first-order valence-corrected chi connectivity index (χ1v) is 13.4. The summed E-state index contributed by atoms with van der Waals surface area (Å²) in [5, 5.41) is 8.67. The second-order valence-electron chi connectivity index (χ2n) is 11.5. The number of ether oxygens (including phenoxy) is 1. The summed E-state index contributed by atoms with van der Waals surface area (Å²) in [6, 6.07) is 14.9. The molecule has 0 radical (unpaired) electrons. The lowest BCUT2D eigenvalue weighted by Crippen LogP contribution is -2.44. The summed E-state index contributed by atoms with van der Waals surface area (Å²) in [7, 11) is 0. The van der Waals surface area contributed by atoms with Crippen LogP contribution in [0, 0.1) is 30.6 Å². The minimum atomic E-state index is -0.295. The largest absolute Gasteiger partial charge is 0.376 e. The van der Waals surface area contributed by atoms with E-state index in [0.29, 0.717) is 32.2 Å². The van der Waals surface area contributed by atoms with Gasteiger partial charge < -0.3 is 25.6 Å². The Balaban J connectivity index is 1.31. The average Bonchev–Trinajstić information content (AvgIpc) is 3.19. The first-order chi connectivity index (χ1) is 17.6. The molecule has 37 heavy (non-hydrogen) atoms. The molecular formula is C30H42N4O3. The van der Waals surface area contributed by atoms with Gasteiger partial charge in [-0.25, -0.2) is 9.59 Å². The topological polar surface area (TPSA) is 82.7 Å². The molecule has 2 saturated carbocycles. The van der Waals surface area contributed by atoms with E-state index in [4.69, 9.17) is 4.74 Å². The van der Waals surface area contributed by atoms with Gasteiger partial charge in [0.25, 0.3) is 0 Å². The number of nitrogens with zero attached hydrogens (tertiary/aromatic N) is 1. The number of urea groups is 2. The number of benzene rings is 2. The SMILES string of the molecule is Cc1ccc(NC(=O)NCCN(CCO[C@H]2C[C@@H]3CC[C@@]2(C)C3(C)C)C(=O)Nc2ccc(C)cc2)cc1. The maximum Gasteiger partial charge on any atom is 0.321 e. The van der Waals surface area contributed by atoms with E-state index < -0.39 is 0 Å². The van der Waals surface area contributed by atoms with Gasteiger partial charge in [-0.05, 0) is 74.1 Å². The van der Waals surface area contributed by atoms with E-state index in [2.05, 4.69) is 36.7 Å². The second-order valence-corrected chi connectivity index (χ2v) is 11.5. The molecule has 200 valence electrons. The minimum absolute atomic E-state index is 0.183. The van der Waals surface area contributed by atoms with Gasteiger partial charge in [-0.2, -0.15) is 0 Å². The highest BCUT2D eigenvalue weighted by Crippen LogP contribution is 2.66. The van der Waals surface area contributed by atoms with Crippen molar-refractivity contribution >= 4 is 23.4 Å². The Hall–Kier alpha value is -3.06. The Bertz CT molecular complexity index is 1080. The zero-order valence-electron chi connectivity index (χ0n) is 22.9. The molecule has 0 unspecified atom stereocenters. The van der Waals surface area contributed by atoms with Gasteiger partial charge in [-0.1, -0.05) is 56.2 Å². The van der Waals surface area contributed by atoms with Crippen molar-refractivity contribution in [1.82, 2.24) is 10.2 Å². The van der Waals surface area contributed by atoms with Crippen LogP contribution in [0.15, 0.2) is 48.5 Å². The van der Waals surface area contributed by atoms with Gasteiger partial charge in [0.1, 0.15) is 0 Å². The van der Waals surface area contributed by atoms with Crippen LogP contribution in [0.25, 0.3) is 0 Å². The summed E-state index contributed by atoms with van der Waals surface area (Å²) in [6.45, 7) is 12.8. The highest BCUT2D eigenvalue weighted by Gasteiger charge is 2.61. The fourth-order valence-electron chi connectivity index (χ4n) is 5.96. The molecule has 4 amide bonds. The lowest BCUT2D eigenvalue weighted by molar-refractivity contribution is -0.0494. The molecule has 0 spiro atoms. The first kappa shape index (κ1) is 27.0. The van der Waals surface area contributed by atoms with E-state index in [-0.39, 0.29) is 29.0 Å². The standard InChI is InChI=1S/C30H42N4O3/c1-21-6-10-24(11-7-21)32-27(35)31-16-17-34(28(36)33-25-12-8-22(2)9-13-25)18-19-37-26-20-23-14-15-30(26,5)29(23,3)4/h6-13,23,26H,14-20H2,1-5H3,(H,33,36)(H2,31,32,35)/t23-,26-,30+/m0/s1. The molecule has 2 fully saturated rings. The quantitative estimate of drug-likeness (QED) is 0.379. The monoisotopic (exact) mass is 506 g/mol. The van der Waals surface area contributed by atoms with Crippen molar-refractivity contribution in [2.45, 2.75) is 60.0 Å². The predicted molar refractivity (Wildman–Crippen MR) is 149 cm³/mol. The van der Waals surface area contributed by atoms with E-state index in [1.807, 2.05) is 62.4 Å². The van der Waals surface area contributed by atoms with E-state index in [0.717, 1.165) is 28.9 Å². The molecule has 0 aliphatic heterocycles. The van der Waals surface area contributed by atoms with E-state index in [1.54, 1.807) is 4.90 Å². The van der Waals surface area contributed by atoms with Crippen molar-refractivity contribution in [1.29, 1.82) is 0 Å². The number of hydrogen-bond donors (Lipinski definition) is 3. The van der Waals surface area contributed by atoms with Crippen LogP contribution in [-0.4, -0.2) is 49.3 Å². The Labute approximate surface area is 221 Å². The number of nitrogens with one attached hydrogen (secondary N) is 3. The maximum atomic E-state index is 13.1. The molecule has 2 aliphatic carbocycles. The van der Waals surface area contributed by atoms with Crippen LogP contribution in [0.2, 0.25) is 0 Å². The van der Waals surface area contributed by atoms with Crippen molar-refractivity contribution in [2.24, 2.45) is 16.7 Å². The third kappa shape index (κ3) is 6.09. The molecule has 3 N–H and O–H groups in total. The number of anilines is 2. The van der Waals surface area contributed by atoms with Gasteiger partial charge in [0.05, 0.1) is 12.7 Å². The summed E-state index contributed by atoms with van der Waals surface area (Å²) in [6.07, 6.45) is 3.80. The van der Waals surface area contributed by atoms with Crippen LogP contribution < -0.4 is 16.0 Å². The molecule has 2 aliphatic rings. The smallest absolute Gasteiger partial charge is 0.321 e. The van der Waals surface area contributed by atoms with Gasteiger partial charge in [-0.15, -0.1) is 0 Å². The Morgan fingerprint density at radius 3 is 2.05 bits per heavy atom. The van der Waals surface area contributed by atoms with Crippen molar-refractivity contribution in [3.05, 3.63) is 59.7 Å². The Kier molecular flexibility index (Phi) is 8.12. The van der Waals surface area contributed by atoms with E-state index in [1.165, 1.54) is 12.8 Å². The molecular weight excluding hydrogens is 464 g/mol. The van der Waals surface area contributed by atoms with Crippen LogP contribution in [-0.2, 0) is 4.74 Å². The molecule has 4 rings (SSSR count). The first-order valence-electron chi connectivity index (χ1n) is 13.4. The molecule has 2 bridgehead atoms. The predicted octanol–water partition coefficient (Wildman–Crippen LogP) is 6.19. The zero-order valence-corrected chi connectivity index (χ0v) is 22.9. The minimum Gasteiger partial charge on any atom is -0.376 e. The number of aryl methyl sites for hydroxylation is 2. The Morgan fingerprint density at radius 2 is 1.51 bits per heavy atom. The summed E-state index contributed by atoms with van der Waals surface area (Å²) in [4.78, 5) is 27.2. The maximum absolute atomic E-state index is 13.1. The van der Waals surface area contributed by atoms with Crippen LogP contribution >= 0.6 is 0 Å². The van der Waals surface area contributed by atoms with Crippen LogP contribution in [0.1, 0.15) is 51.2 Å². The number of rotatable bonds is 9. The lowest BCUT2D eigenvalue weighted by Gasteiger charge is -2.39. The highest BCUT2D eigenvalue weighted by molar-refractivity contribution is 5.90. The number of carbonyl (C=O) groups excluding carboxylic acids is 2. The van der Waals surface area contributed by atoms with Gasteiger partial charge in [0.15, 0.2) is 0 Å². The molecule has 0 saturated heterocycles. The second kappa shape index (κ2) is 11.1. The van der Waals surface area contributed by atoms with Gasteiger partial charge >= 0.3 is 12.1 Å². The van der Waals surface area contributed by atoms with Crippen LogP contribution in [0.3, 0.4) is 0 Å².